The van der Waals surface area contributed by atoms with Crippen LogP contribution in [0.4, 0.5) is 24.5 Å². The molecule has 28 heavy (non-hydrogen) atoms. The zero-order valence-electron chi connectivity index (χ0n) is 14.6. The first kappa shape index (κ1) is 19.7. The first-order valence-corrected chi connectivity index (χ1v) is 8.40. The van der Waals surface area contributed by atoms with E-state index in [1.54, 1.807) is 0 Å². The van der Waals surface area contributed by atoms with Crippen molar-refractivity contribution in [1.29, 1.82) is 0 Å². The molecule has 0 bridgehead atoms. The summed E-state index contributed by atoms with van der Waals surface area (Å²) in [5, 5.41) is 4.13. The second kappa shape index (κ2) is 7.90. The number of benzene rings is 3. The minimum atomic E-state index is -4.34. The van der Waals surface area contributed by atoms with Gasteiger partial charge in [-0.15, -0.1) is 12.4 Å². The van der Waals surface area contributed by atoms with Crippen LogP contribution in [-0.4, -0.2) is 4.98 Å². The van der Waals surface area contributed by atoms with Crippen LogP contribution in [0.15, 0.2) is 84.9 Å². The smallest absolute Gasteiger partial charge is 0.355 e. The Kier molecular flexibility index (Phi) is 5.56. The lowest BCUT2D eigenvalue weighted by molar-refractivity contribution is -0.137. The number of nitrogens with zero attached hydrogens (tertiary/aromatic N) is 1. The highest BCUT2D eigenvalue weighted by Crippen LogP contribution is 2.33. The van der Waals surface area contributed by atoms with E-state index < -0.39 is 11.7 Å². The highest BCUT2D eigenvalue weighted by molar-refractivity contribution is 5.95. The van der Waals surface area contributed by atoms with Gasteiger partial charge in [-0.2, -0.15) is 13.2 Å². The summed E-state index contributed by atoms with van der Waals surface area (Å²) in [5.41, 5.74) is 3.28. The van der Waals surface area contributed by atoms with Gasteiger partial charge in [0.15, 0.2) is 0 Å². The molecule has 4 rings (SSSR count). The Labute approximate surface area is 166 Å². The SMILES string of the molecule is Cl.FC(F)(F)c1ccc(Nc2cc(-c3ccccc3)nc3ccccc23)cc1. The van der Waals surface area contributed by atoms with Crippen molar-refractivity contribution in [2.45, 2.75) is 6.18 Å². The molecule has 0 radical (unpaired) electrons. The van der Waals surface area contributed by atoms with E-state index in [9.17, 15) is 13.2 Å². The number of pyridine rings is 1. The van der Waals surface area contributed by atoms with Gasteiger partial charge in [0.25, 0.3) is 0 Å². The molecule has 0 saturated heterocycles. The molecule has 0 aliphatic rings. The molecule has 0 atom stereocenters. The molecule has 0 spiro atoms. The molecule has 1 heterocycles. The summed E-state index contributed by atoms with van der Waals surface area (Å²) >= 11 is 0. The predicted octanol–water partition coefficient (Wildman–Crippen LogP) is 7.09. The second-order valence-corrected chi connectivity index (χ2v) is 6.14. The van der Waals surface area contributed by atoms with Gasteiger partial charge in [0, 0.05) is 16.6 Å². The van der Waals surface area contributed by atoms with Gasteiger partial charge in [0.05, 0.1) is 22.5 Å². The van der Waals surface area contributed by atoms with Gasteiger partial charge in [-0.1, -0.05) is 48.5 Å². The fraction of sp³-hybridized carbons (Fsp3) is 0.0455. The van der Waals surface area contributed by atoms with Crippen molar-refractivity contribution in [3.8, 4) is 11.3 Å². The Morgan fingerprint density at radius 3 is 2.07 bits per heavy atom. The van der Waals surface area contributed by atoms with E-state index in [2.05, 4.69) is 5.32 Å². The maximum atomic E-state index is 12.8. The van der Waals surface area contributed by atoms with Gasteiger partial charge in [0.2, 0.25) is 0 Å². The van der Waals surface area contributed by atoms with Crippen molar-refractivity contribution < 1.29 is 13.2 Å². The van der Waals surface area contributed by atoms with E-state index in [1.165, 1.54) is 12.1 Å². The number of rotatable bonds is 3. The monoisotopic (exact) mass is 400 g/mol. The molecule has 4 aromatic rings. The van der Waals surface area contributed by atoms with E-state index in [1.807, 2.05) is 60.7 Å². The predicted molar refractivity (Wildman–Crippen MR) is 109 cm³/mol. The average molecular weight is 401 g/mol. The van der Waals surface area contributed by atoms with E-state index in [0.717, 1.165) is 40.0 Å². The van der Waals surface area contributed by atoms with Crippen molar-refractivity contribution in [2.24, 2.45) is 0 Å². The fourth-order valence-electron chi connectivity index (χ4n) is 2.93. The van der Waals surface area contributed by atoms with Gasteiger partial charge < -0.3 is 5.32 Å². The van der Waals surface area contributed by atoms with Crippen LogP contribution in [0.3, 0.4) is 0 Å². The average Bonchev–Trinajstić information content (AvgIpc) is 2.68. The lowest BCUT2D eigenvalue weighted by Gasteiger charge is -2.13. The van der Waals surface area contributed by atoms with Gasteiger partial charge in [0.1, 0.15) is 0 Å². The third-order valence-electron chi connectivity index (χ3n) is 4.28. The summed E-state index contributed by atoms with van der Waals surface area (Å²) in [7, 11) is 0. The number of para-hydroxylation sites is 1. The van der Waals surface area contributed by atoms with Crippen molar-refractivity contribution in [1.82, 2.24) is 4.98 Å². The Balaban J connectivity index is 0.00000225. The number of aromatic nitrogens is 1. The maximum Gasteiger partial charge on any atom is 0.416 e. The summed E-state index contributed by atoms with van der Waals surface area (Å²) in [6.45, 7) is 0. The van der Waals surface area contributed by atoms with Gasteiger partial charge in [-0.25, -0.2) is 4.98 Å². The van der Waals surface area contributed by atoms with Crippen LogP contribution < -0.4 is 5.32 Å². The van der Waals surface area contributed by atoms with Crippen LogP contribution in [0.5, 0.6) is 0 Å². The van der Waals surface area contributed by atoms with Gasteiger partial charge in [-0.3, -0.25) is 0 Å². The van der Waals surface area contributed by atoms with Crippen molar-refractivity contribution in [2.75, 3.05) is 5.32 Å². The molecular formula is C22H16ClF3N2. The molecule has 3 aromatic carbocycles. The highest BCUT2D eigenvalue weighted by Gasteiger charge is 2.29. The van der Waals surface area contributed by atoms with Crippen molar-refractivity contribution in [3.05, 3.63) is 90.5 Å². The van der Waals surface area contributed by atoms with E-state index in [4.69, 9.17) is 4.98 Å². The van der Waals surface area contributed by atoms with Crippen LogP contribution in [0.1, 0.15) is 5.56 Å². The lowest BCUT2D eigenvalue weighted by Crippen LogP contribution is -2.04. The first-order valence-electron chi connectivity index (χ1n) is 8.40. The number of anilines is 2. The van der Waals surface area contributed by atoms with Crippen LogP contribution in [0.25, 0.3) is 22.2 Å². The molecule has 0 saturated carbocycles. The minimum absolute atomic E-state index is 0. The van der Waals surface area contributed by atoms with Crippen LogP contribution >= 0.6 is 12.4 Å². The molecule has 2 nitrogen and oxygen atoms in total. The molecule has 0 unspecified atom stereocenters. The number of fused-ring (bicyclic) bond motifs is 1. The molecule has 0 aliphatic heterocycles. The zero-order valence-corrected chi connectivity index (χ0v) is 15.4. The molecule has 0 aliphatic carbocycles. The quantitative estimate of drug-likeness (QED) is 0.397. The molecule has 6 heteroatoms. The van der Waals surface area contributed by atoms with Crippen molar-refractivity contribution in [3.63, 3.8) is 0 Å². The Morgan fingerprint density at radius 1 is 0.750 bits per heavy atom. The first-order chi connectivity index (χ1) is 13.0. The highest BCUT2D eigenvalue weighted by atomic mass is 35.5. The summed E-state index contributed by atoms with van der Waals surface area (Å²) in [6.07, 6.45) is -4.34. The van der Waals surface area contributed by atoms with Gasteiger partial charge in [-0.05, 0) is 36.4 Å². The zero-order chi connectivity index (χ0) is 18.9. The Bertz CT molecular complexity index is 1080. The molecule has 0 amide bonds. The summed E-state index contributed by atoms with van der Waals surface area (Å²) in [4.78, 5) is 4.71. The van der Waals surface area contributed by atoms with E-state index in [-0.39, 0.29) is 12.4 Å². The third-order valence-corrected chi connectivity index (χ3v) is 4.28. The number of nitrogens with one attached hydrogen (secondary N) is 1. The van der Waals surface area contributed by atoms with Crippen LogP contribution in [0.2, 0.25) is 0 Å². The number of hydrogen-bond acceptors (Lipinski definition) is 2. The number of alkyl halides is 3. The largest absolute Gasteiger partial charge is 0.416 e. The van der Waals surface area contributed by atoms with Crippen LogP contribution in [0, 0.1) is 0 Å². The third kappa shape index (κ3) is 4.10. The van der Waals surface area contributed by atoms with E-state index in [0.29, 0.717) is 5.69 Å². The number of halogens is 4. The summed E-state index contributed by atoms with van der Waals surface area (Å²) in [6, 6.07) is 24.3. The maximum absolute atomic E-state index is 12.8. The summed E-state index contributed by atoms with van der Waals surface area (Å²) in [5.74, 6) is 0. The minimum Gasteiger partial charge on any atom is -0.355 e. The van der Waals surface area contributed by atoms with Gasteiger partial charge >= 0.3 is 6.18 Å². The molecule has 142 valence electrons. The topological polar surface area (TPSA) is 24.9 Å². The Hall–Kier alpha value is -3.05. The normalized spacial score (nSPS) is 11.1. The standard InChI is InChI=1S/C22H15F3N2.ClH/c23-22(24,25)16-10-12-17(13-11-16)26-21-14-20(15-6-2-1-3-7-15)27-19-9-5-4-8-18(19)21;/h1-14H,(H,26,27);1H. The molecular weight excluding hydrogens is 385 g/mol. The van der Waals surface area contributed by atoms with E-state index >= 15 is 0 Å². The number of hydrogen-bond donors (Lipinski definition) is 1. The fourth-order valence-corrected chi connectivity index (χ4v) is 2.93. The summed E-state index contributed by atoms with van der Waals surface area (Å²) < 4.78 is 38.3. The van der Waals surface area contributed by atoms with Crippen molar-refractivity contribution >= 4 is 34.7 Å². The lowest BCUT2D eigenvalue weighted by atomic mass is 10.1. The van der Waals surface area contributed by atoms with Crippen LogP contribution in [-0.2, 0) is 6.18 Å². The molecule has 1 N–H and O–H groups in total. The Morgan fingerprint density at radius 2 is 1.39 bits per heavy atom. The molecule has 0 fully saturated rings. The molecule has 1 aromatic heterocycles. The second-order valence-electron chi connectivity index (χ2n) is 6.14.